The number of hydrogen-bond donors (Lipinski definition) is 2. The monoisotopic (exact) mass is 203 g/mol. The summed E-state index contributed by atoms with van der Waals surface area (Å²) in [6.07, 6.45) is 2.61. The van der Waals surface area contributed by atoms with Crippen LogP contribution in [-0.4, -0.2) is 23.8 Å². The van der Waals surface area contributed by atoms with Gasteiger partial charge < -0.3 is 5.73 Å². The van der Waals surface area contributed by atoms with Crippen LogP contribution < -0.4 is 5.73 Å². The molecule has 0 atom stereocenters. The Morgan fingerprint density at radius 3 is 2.73 bits per heavy atom. The van der Waals surface area contributed by atoms with E-state index in [0.29, 0.717) is 0 Å². The van der Waals surface area contributed by atoms with E-state index in [1.807, 2.05) is 18.2 Å². The number of hydrogen-bond acceptors (Lipinski definition) is 2. The van der Waals surface area contributed by atoms with Crippen LogP contribution >= 0.6 is 0 Å². The Labute approximate surface area is 90.4 Å². The highest BCUT2D eigenvalue weighted by atomic mass is 15.1. The maximum absolute atomic E-state index is 7.50. The first-order valence-corrected chi connectivity index (χ1v) is 5.31. The van der Waals surface area contributed by atoms with Crippen LogP contribution in [-0.2, 0) is 6.54 Å². The fourth-order valence-corrected chi connectivity index (χ4v) is 1.83. The molecule has 1 aliphatic rings. The van der Waals surface area contributed by atoms with E-state index in [2.05, 4.69) is 18.0 Å². The molecule has 0 aromatic heterocycles. The summed E-state index contributed by atoms with van der Waals surface area (Å²) in [5, 5.41) is 7.50. The molecule has 2 rings (SSSR count). The van der Waals surface area contributed by atoms with Crippen LogP contribution in [0, 0.1) is 5.41 Å². The third kappa shape index (κ3) is 2.36. The molecule has 3 N–H and O–H groups in total. The van der Waals surface area contributed by atoms with Crippen molar-refractivity contribution in [1.82, 2.24) is 4.90 Å². The topological polar surface area (TPSA) is 53.1 Å². The fraction of sp³-hybridized carbons (Fsp3) is 0.417. The molecule has 1 saturated carbocycles. The zero-order valence-corrected chi connectivity index (χ0v) is 9.03. The molecule has 0 heterocycles. The van der Waals surface area contributed by atoms with E-state index >= 15 is 0 Å². The second-order valence-electron chi connectivity index (χ2n) is 4.22. The molecule has 0 unspecified atom stereocenters. The highest BCUT2D eigenvalue weighted by Gasteiger charge is 2.26. The molecule has 0 saturated heterocycles. The van der Waals surface area contributed by atoms with Crippen molar-refractivity contribution >= 4 is 5.84 Å². The quantitative estimate of drug-likeness (QED) is 0.576. The molecule has 3 nitrogen and oxygen atoms in total. The van der Waals surface area contributed by atoms with Gasteiger partial charge in [0, 0.05) is 18.2 Å². The molecule has 0 bridgehead atoms. The van der Waals surface area contributed by atoms with Gasteiger partial charge in [-0.15, -0.1) is 0 Å². The number of rotatable bonds is 4. The van der Waals surface area contributed by atoms with Crippen LogP contribution in [0.5, 0.6) is 0 Å². The zero-order valence-electron chi connectivity index (χ0n) is 9.03. The summed E-state index contributed by atoms with van der Waals surface area (Å²) in [7, 11) is 2.13. The van der Waals surface area contributed by atoms with Crippen molar-refractivity contribution in [3.8, 4) is 0 Å². The van der Waals surface area contributed by atoms with Crippen LogP contribution in [0.1, 0.15) is 24.0 Å². The van der Waals surface area contributed by atoms with E-state index in [4.69, 9.17) is 11.1 Å². The second kappa shape index (κ2) is 4.03. The predicted octanol–water partition coefficient (Wildman–Crippen LogP) is 1.56. The fourth-order valence-electron chi connectivity index (χ4n) is 1.83. The largest absolute Gasteiger partial charge is 0.384 e. The van der Waals surface area contributed by atoms with Gasteiger partial charge in [-0.25, -0.2) is 0 Å². The molecule has 1 aromatic carbocycles. The van der Waals surface area contributed by atoms with E-state index in [-0.39, 0.29) is 5.84 Å². The summed E-state index contributed by atoms with van der Waals surface area (Å²) >= 11 is 0. The third-order valence-electron chi connectivity index (χ3n) is 2.90. The van der Waals surface area contributed by atoms with E-state index in [0.717, 1.165) is 23.7 Å². The minimum Gasteiger partial charge on any atom is -0.384 e. The van der Waals surface area contributed by atoms with Crippen LogP contribution in [0.25, 0.3) is 0 Å². The average Bonchev–Trinajstić information content (AvgIpc) is 3.01. The van der Waals surface area contributed by atoms with E-state index in [1.54, 1.807) is 0 Å². The summed E-state index contributed by atoms with van der Waals surface area (Å²) in [6, 6.07) is 8.64. The minimum absolute atomic E-state index is 0.162. The lowest BCUT2D eigenvalue weighted by Crippen LogP contribution is -2.23. The molecule has 3 heteroatoms. The summed E-state index contributed by atoms with van der Waals surface area (Å²) in [5.74, 6) is 0.162. The molecule has 0 spiro atoms. The lowest BCUT2D eigenvalue weighted by Gasteiger charge is -2.17. The Hall–Kier alpha value is -1.35. The van der Waals surface area contributed by atoms with Gasteiger partial charge >= 0.3 is 0 Å². The molecule has 1 aromatic rings. The van der Waals surface area contributed by atoms with Crippen molar-refractivity contribution < 1.29 is 0 Å². The first kappa shape index (κ1) is 10.2. The standard InChI is InChI=1S/C12H17N3/c1-15(10-6-7-10)8-9-4-2-3-5-11(9)12(13)14/h2-5,10H,6-8H2,1H3,(H3,13,14). The van der Waals surface area contributed by atoms with Crippen LogP contribution in [0.2, 0.25) is 0 Å². The Balaban J connectivity index is 2.15. The van der Waals surface area contributed by atoms with Crippen molar-refractivity contribution in [3.63, 3.8) is 0 Å². The highest BCUT2D eigenvalue weighted by molar-refractivity contribution is 5.96. The third-order valence-corrected chi connectivity index (χ3v) is 2.90. The van der Waals surface area contributed by atoms with E-state index in [9.17, 15) is 0 Å². The summed E-state index contributed by atoms with van der Waals surface area (Å²) in [5.41, 5.74) is 7.56. The van der Waals surface area contributed by atoms with Crippen LogP contribution in [0.4, 0.5) is 0 Å². The molecule has 0 radical (unpaired) electrons. The van der Waals surface area contributed by atoms with Gasteiger partial charge in [-0.3, -0.25) is 10.3 Å². The Kier molecular flexibility index (Phi) is 2.73. The summed E-state index contributed by atoms with van der Waals surface area (Å²) in [6.45, 7) is 0.889. The van der Waals surface area contributed by atoms with Crippen LogP contribution in [0.3, 0.4) is 0 Å². The molecule has 15 heavy (non-hydrogen) atoms. The first-order valence-electron chi connectivity index (χ1n) is 5.31. The Morgan fingerprint density at radius 2 is 2.13 bits per heavy atom. The highest BCUT2D eigenvalue weighted by Crippen LogP contribution is 2.27. The van der Waals surface area contributed by atoms with Crippen molar-refractivity contribution in [2.24, 2.45) is 5.73 Å². The van der Waals surface area contributed by atoms with Gasteiger partial charge in [0.1, 0.15) is 5.84 Å². The molecule has 80 valence electrons. The molecule has 1 fully saturated rings. The molecular weight excluding hydrogens is 186 g/mol. The number of amidine groups is 1. The normalized spacial score (nSPS) is 15.6. The SMILES string of the molecule is CN(Cc1ccccc1C(=N)N)C1CC1. The van der Waals surface area contributed by atoms with Gasteiger partial charge in [0.05, 0.1) is 0 Å². The summed E-state index contributed by atoms with van der Waals surface area (Å²) in [4.78, 5) is 2.34. The van der Waals surface area contributed by atoms with Gasteiger partial charge in [-0.05, 0) is 25.5 Å². The first-order chi connectivity index (χ1) is 7.18. The molecule has 1 aliphatic carbocycles. The Bertz CT molecular complexity index is 369. The van der Waals surface area contributed by atoms with Gasteiger partial charge in [-0.2, -0.15) is 0 Å². The van der Waals surface area contributed by atoms with E-state index in [1.165, 1.54) is 12.8 Å². The van der Waals surface area contributed by atoms with Gasteiger partial charge in [-0.1, -0.05) is 24.3 Å². The predicted molar refractivity (Wildman–Crippen MR) is 61.9 cm³/mol. The smallest absolute Gasteiger partial charge is 0.123 e. The van der Waals surface area contributed by atoms with Crippen molar-refractivity contribution in [2.75, 3.05) is 7.05 Å². The lowest BCUT2D eigenvalue weighted by atomic mass is 10.1. The minimum atomic E-state index is 0.162. The number of nitrogens with zero attached hydrogens (tertiary/aromatic N) is 1. The lowest BCUT2D eigenvalue weighted by molar-refractivity contribution is 0.316. The maximum Gasteiger partial charge on any atom is 0.123 e. The number of nitrogens with one attached hydrogen (secondary N) is 1. The second-order valence-corrected chi connectivity index (χ2v) is 4.22. The van der Waals surface area contributed by atoms with Gasteiger partial charge in [0.2, 0.25) is 0 Å². The maximum atomic E-state index is 7.50. The number of benzene rings is 1. The zero-order chi connectivity index (χ0) is 10.8. The van der Waals surface area contributed by atoms with Crippen molar-refractivity contribution in [3.05, 3.63) is 35.4 Å². The number of nitrogen functional groups attached to an aromatic ring is 1. The average molecular weight is 203 g/mol. The molecule has 0 aliphatic heterocycles. The Morgan fingerprint density at radius 1 is 1.47 bits per heavy atom. The van der Waals surface area contributed by atoms with Gasteiger partial charge in [0.25, 0.3) is 0 Å². The van der Waals surface area contributed by atoms with E-state index < -0.39 is 0 Å². The summed E-state index contributed by atoms with van der Waals surface area (Å²) < 4.78 is 0. The number of nitrogens with two attached hydrogens (primary N) is 1. The van der Waals surface area contributed by atoms with Crippen molar-refractivity contribution in [2.45, 2.75) is 25.4 Å². The molecular formula is C12H17N3. The molecule has 0 amide bonds. The van der Waals surface area contributed by atoms with Crippen molar-refractivity contribution in [1.29, 1.82) is 5.41 Å². The van der Waals surface area contributed by atoms with Crippen LogP contribution in [0.15, 0.2) is 24.3 Å². The van der Waals surface area contributed by atoms with Gasteiger partial charge in [0.15, 0.2) is 0 Å².